The summed E-state index contributed by atoms with van der Waals surface area (Å²) in [4.78, 5) is 22.6. The molecule has 12 heteroatoms. The molecule has 1 amide bonds. The Hall–Kier alpha value is -1.80. The minimum atomic E-state index is -0.508. The summed E-state index contributed by atoms with van der Waals surface area (Å²) in [5.41, 5.74) is -0.508. The third-order valence-electron chi connectivity index (χ3n) is 3.83. The third-order valence-corrected chi connectivity index (χ3v) is 3.83. The van der Waals surface area contributed by atoms with Crippen molar-refractivity contribution in [3.63, 3.8) is 0 Å². The first-order valence-corrected chi connectivity index (χ1v) is 12.3. The van der Waals surface area contributed by atoms with Crippen LogP contribution in [0.5, 0.6) is 0 Å². The van der Waals surface area contributed by atoms with Gasteiger partial charge in [-0.2, -0.15) is 0 Å². The molecule has 0 spiro atoms. The van der Waals surface area contributed by atoms with E-state index in [4.69, 9.17) is 37.9 Å². The van der Waals surface area contributed by atoms with Crippen molar-refractivity contribution in [1.29, 1.82) is 0 Å². The summed E-state index contributed by atoms with van der Waals surface area (Å²) in [6.45, 7) is 15.9. The van der Waals surface area contributed by atoms with Crippen LogP contribution in [0.15, 0.2) is 12.7 Å². The molecule has 0 rings (SSSR count). The van der Waals surface area contributed by atoms with Gasteiger partial charge in [-0.25, -0.2) is 9.59 Å². The van der Waals surface area contributed by atoms with Gasteiger partial charge in [0.1, 0.15) is 18.8 Å². The Labute approximate surface area is 215 Å². The highest BCUT2D eigenvalue weighted by Gasteiger charge is 2.15. The highest BCUT2D eigenvalue weighted by Crippen LogP contribution is 2.06. The highest BCUT2D eigenvalue weighted by atomic mass is 16.6. The van der Waals surface area contributed by atoms with Crippen molar-refractivity contribution >= 4 is 12.1 Å². The lowest BCUT2D eigenvalue weighted by Gasteiger charge is -2.19. The lowest BCUT2D eigenvalue weighted by molar-refractivity contribution is -0.148. The first-order chi connectivity index (χ1) is 17.3. The fraction of sp³-hybridized carbons (Fsp3) is 0.833. The smallest absolute Gasteiger partial charge is 0.407 e. The standard InChI is InChI=1S/C24H46N2O10/c1-5-9-35-22(27)21-34-20-19-33-17-14-30-11-7-25-6-10-29-13-16-32-18-15-31-12-8-26-23(28)36-24(2,3)4/h5,25H,1,6-21H2,2-4H3,(H,26,28). The first-order valence-electron chi connectivity index (χ1n) is 12.3. The molecule has 36 heavy (non-hydrogen) atoms. The number of carbonyl (C=O) groups excluding carboxylic acids is 2. The number of amides is 1. The summed E-state index contributed by atoms with van der Waals surface area (Å²) in [5.74, 6) is -0.422. The molecule has 212 valence electrons. The molecule has 0 aromatic heterocycles. The maximum absolute atomic E-state index is 11.4. The normalized spacial score (nSPS) is 11.3. The van der Waals surface area contributed by atoms with E-state index in [1.54, 1.807) is 0 Å². The lowest BCUT2D eigenvalue weighted by atomic mass is 10.2. The van der Waals surface area contributed by atoms with Crippen LogP contribution in [-0.2, 0) is 42.7 Å². The summed E-state index contributed by atoms with van der Waals surface area (Å²) < 4.78 is 42.1. The fourth-order valence-electron chi connectivity index (χ4n) is 2.28. The summed E-state index contributed by atoms with van der Waals surface area (Å²) >= 11 is 0. The van der Waals surface area contributed by atoms with Gasteiger partial charge in [0.25, 0.3) is 0 Å². The van der Waals surface area contributed by atoms with Crippen LogP contribution >= 0.6 is 0 Å². The van der Waals surface area contributed by atoms with Gasteiger partial charge < -0.3 is 48.5 Å². The number of ether oxygens (including phenoxy) is 8. The van der Waals surface area contributed by atoms with Crippen molar-refractivity contribution in [2.75, 3.05) is 106 Å². The molecule has 0 unspecified atom stereocenters. The van der Waals surface area contributed by atoms with Crippen molar-refractivity contribution in [2.45, 2.75) is 26.4 Å². The molecule has 0 aromatic rings. The molecule has 0 saturated carbocycles. The number of rotatable bonds is 25. The number of carbonyl (C=O) groups is 2. The number of esters is 1. The quantitative estimate of drug-likeness (QED) is 0.101. The molecular formula is C24H46N2O10. The Morgan fingerprint density at radius 3 is 1.61 bits per heavy atom. The van der Waals surface area contributed by atoms with Crippen LogP contribution in [0.3, 0.4) is 0 Å². The van der Waals surface area contributed by atoms with Crippen LogP contribution in [0.1, 0.15) is 20.8 Å². The molecule has 0 aliphatic rings. The molecule has 0 atom stereocenters. The number of alkyl carbamates (subject to hydrolysis) is 1. The average molecular weight is 523 g/mol. The van der Waals surface area contributed by atoms with E-state index in [-0.39, 0.29) is 13.2 Å². The Balaban J connectivity index is 3.15. The maximum atomic E-state index is 11.4. The molecule has 0 aliphatic heterocycles. The zero-order valence-electron chi connectivity index (χ0n) is 22.2. The molecule has 0 aromatic carbocycles. The Morgan fingerprint density at radius 2 is 1.14 bits per heavy atom. The van der Waals surface area contributed by atoms with Crippen LogP contribution in [0.2, 0.25) is 0 Å². The zero-order valence-corrected chi connectivity index (χ0v) is 22.2. The summed E-state index contributed by atoms with van der Waals surface area (Å²) in [7, 11) is 0. The van der Waals surface area contributed by atoms with E-state index in [1.165, 1.54) is 6.08 Å². The van der Waals surface area contributed by atoms with Gasteiger partial charge in [0.2, 0.25) is 0 Å². The molecule has 2 N–H and O–H groups in total. The van der Waals surface area contributed by atoms with Crippen molar-refractivity contribution in [3.05, 3.63) is 12.7 Å². The van der Waals surface area contributed by atoms with Gasteiger partial charge in [-0.1, -0.05) is 12.7 Å². The van der Waals surface area contributed by atoms with Crippen LogP contribution in [0.4, 0.5) is 4.79 Å². The molecular weight excluding hydrogens is 476 g/mol. The van der Waals surface area contributed by atoms with Crippen LogP contribution in [-0.4, -0.2) is 123 Å². The van der Waals surface area contributed by atoms with Crippen molar-refractivity contribution < 1.29 is 47.5 Å². The fourth-order valence-corrected chi connectivity index (χ4v) is 2.28. The molecule has 12 nitrogen and oxygen atoms in total. The van der Waals surface area contributed by atoms with Gasteiger partial charge in [-0.05, 0) is 20.8 Å². The van der Waals surface area contributed by atoms with E-state index in [9.17, 15) is 9.59 Å². The van der Waals surface area contributed by atoms with E-state index in [1.807, 2.05) is 20.8 Å². The minimum Gasteiger partial charge on any atom is -0.460 e. The predicted molar refractivity (Wildman–Crippen MR) is 133 cm³/mol. The minimum absolute atomic E-state index is 0.0942. The largest absolute Gasteiger partial charge is 0.460 e. The molecule has 0 aliphatic carbocycles. The summed E-state index contributed by atoms with van der Waals surface area (Å²) in [5, 5.41) is 5.84. The number of nitrogens with one attached hydrogen (secondary N) is 2. The Bertz CT molecular complexity index is 543. The van der Waals surface area contributed by atoms with E-state index in [0.29, 0.717) is 79.2 Å². The average Bonchev–Trinajstić information content (AvgIpc) is 2.82. The summed E-state index contributed by atoms with van der Waals surface area (Å²) in [6, 6.07) is 0. The van der Waals surface area contributed by atoms with Gasteiger partial charge in [0.05, 0.1) is 72.7 Å². The molecule has 0 saturated heterocycles. The second kappa shape index (κ2) is 24.9. The van der Waals surface area contributed by atoms with Crippen LogP contribution < -0.4 is 10.6 Å². The van der Waals surface area contributed by atoms with E-state index in [0.717, 1.165) is 13.1 Å². The van der Waals surface area contributed by atoms with Gasteiger partial charge in [-0.15, -0.1) is 0 Å². The number of hydrogen-bond donors (Lipinski definition) is 2. The third kappa shape index (κ3) is 28.4. The summed E-state index contributed by atoms with van der Waals surface area (Å²) in [6.07, 6.45) is 1.05. The predicted octanol–water partition coefficient (Wildman–Crippen LogP) is 0.930. The van der Waals surface area contributed by atoms with Gasteiger partial charge in [0, 0.05) is 19.6 Å². The Morgan fingerprint density at radius 1 is 0.694 bits per heavy atom. The van der Waals surface area contributed by atoms with Gasteiger partial charge in [0.15, 0.2) is 0 Å². The van der Waals surface area contributed by atoms with Crippen molar-refractivity contribution in [1.82, 2.24) is 10.6 Å². The second-order valence-electron chi connectivity index (χ2n) is 8.26. The highest BCUT2D eigenvalue weighted by molar-refractivity contribution is 5.70. The van der Waals surface area contributed by atoms with E-state index in [2.05, 4.69) is 17.2 Å². The Kier molecular flexibility index (Phi) is 23.6. The second-order valence-corrected chi connectivity index (χ2v) is 8.26. The monoisotopic (exact) mass is 522 g/mol. The van der Waals surface area contributed by atoms with Crippen molar-refractivity contribution in [3.8, 4) is 0 Å². The molecule has 0 fully saturated rings. The maximum Gasteiger partial charge on any atom is 0.407 e. The SMILES string of the molecule is C=CCOC(=O)COCCOCCOCCNCCOCCOCCOCCNC(=O)OC(C)(C)C. The van der Waals surface area contributed by atoms with Gasteiger partial charge >= 0.3 is 12.1 Å². The zero-order chi connectivity index (χ0) is 26.7. The van der Waals surface area contributed by atoms with Crippen LogP contribution in [0.25, 0.3) is 0 Å². The topological polar surface area (TPSA) is 132 Å². The number of hydrogen-bond acceptors (Lipinski definition) is 11. The van der Waals surface area contributed by atoms with E-state index >= 15 is 0 Å². The molecule has 0 bridgehead atoms. The van der Waals surface area contributed by atoms with Gasteiger partial charge in [-0.3, -0.25) is 0 Å². The van der Waals surface area contributed by atoms with Crippen LogP contribution in [0, 0.1) is 0 Å². The first kappa shape index (κ1) is 34.2. The lowest BCUT2D eigenvalue weighted by Crippen LogP contribution is -2.34. The van der Waals surface area contributed by atoms with E-state index < -0.39 is 17.7 Å². The van der Waals surface area contributed by atoms with Crippen molar-refractivity contribution in [2.24, 2.45) is 0 Å². The molecule has 0 heterocycles. The molecule has 0 radical (unpaired) electrons.